The summed E-state index contributed by atoms with van der Waals surface area (Å²) < 4.78 is 10.5. The number of methoxy groups -OCH3 is 2. The van der Waals surface area contributed by atoms with Crippen LogP contribution in [0.25, 0.3) is 11.0 Å². The molecule has 2 amide bonds. The van der Waals surface area contributed by atoms with Crippen molar-refractivity contribution in [3.05, 3.63) is 83.4 Å². The van der Waals surface area contributed by atoms with Crippen molar-refractivity contribution in [3.63, 3.8) is 0 Å². The number of aryl methyl sites for hydroxylation is 1. The van der Waals surface area contributed by atoms with E-state index >= 15 is 0 Å². The van der Waals surface area contributed by atoms with E-state index in [0.29, 0.717) is 29.2 Å². The van der Waals surface area contributed by atoms with Gasteiger partial charge in [0.2, 0.25) is 5.91 Å². The number of para-hydroxylation sites is 2. The van der Waals surface area contributed by atoms with Crippen LogP contribution < -0.4 is 20.3 Å². The van der Waals surface area contributed by atoms with Crippen LogP contribution in [0, 0.1) is 0 Å². The molecular weight excluding hydrogens is 464 g/mol. The molecule has 0 aliphatic rings. The third-order valence-corrected chi connectivity index (χ3v) is 6.27. The van der Waals surface area contributed by atoms with E-state index in [4.69, 9.17) is 9.47 Å². The Balaban J connectivity index is 1.23. The number of H-pyrrole nitrogens is 1. The fourth-order valence-corrected chi connectivity index (χ4v) is 4.27. The molecular formula is C26H26N4O4S. The van der Waals surface area contributed by atoms with Gasteiger partial charge in [0.05, 0.1) is 25.3 Å². The van der Waals surface area contributed by atoms with E-state index in [1.807, 2.05) is 48.5 Å². The molecule has 1 heterocycles. The zero-order chi connectivity index (χ0) is 24.6. The number of hydrazine groups is 1. The van der Waals surface area contributed by atoms with Crippen molar-refractivity contribution >= 4 is 34.6 Å². The number of hydrogen-bond acceptors (Lipinski definition) is 6. The van der Waals surface area contributed by atoms with Crippen molar-refractivity contribution < 1.29 is 19.1 Å². The van der Waals surface area contributed by atoms with Gasteiger partial charge in [-0.05, 0) is 53.9 Å². The highest BCUT2D eigenvalue weighted by molar-refractivity contribution is 7.98. The highest BCUT2D eigenvalue weighted by Gasteiger charge is 2.10. The minimum atomic E-state index is -0.377. The van der Waals surface area contributed by atoms with Gasteiger partial charge in [0.25, 0.3) is 5.91 Å². The average Bonchev–Trinajstić information content (AvgIpc) is 3.32. The van der Waals surface area contributed by atoms with E-state index in [2.05, 4.69) is 20.8 Å². The van der Waals surface area contributed by atoms with E-state index in [9.17, 15) is 9.59 Å². The molecule has 8 nitrogen and oxygen atoms in total. The predicted octanol–water partition coefficient (Wildman–Crippen LogP) is 4.27. The van der Waals surface area contributed by atoms with Crippen LogP contribution in [0.2, 0.25) is 0 Å². The SMILES string of the molecule is COc1cc(CCC(=O)NNC(=O)c2ccc(CSc3nc4ccccc4[nH]3)cc2)cc(OC)c1. The Morgan fingerprint density at radius 2 is 1.63 bits per heavy atom. The van der Waals surface area contributed by atoms with E-state index in [1.54, 1.807) is 44.2 Å². The third kappa shape index (κ3) is 6.54. The molecule has 4 aromatic rings. The monoisotopic (exact) mass is 490 g/mol. The summed E-state index contributed by atoms with van der Waals surface area (Å²) in [5, 5.41) is 0.850. The Bertz CT molecular complexity index is 1270. The molecule has 0 fully saturated rings. The Kier molecular flexibility index (Phi) is 7.89. The first-order valence-electron chi connectivity index (χ1n) is 11.0. The number of rotatable bonds is 9. The number of benzene rings is 3. The molecule has 0 aliphatic carbocycles. The number of aromatic amines is 1. The van der Waals surface area contributed by atoms with Crippen LogP contribution >= 0.6 is 11.8 Å². The maximum absolute atomic E-state index is 12.4. The Morgan fingerprint density at radius 3 is 2.31 bits per heavy atom. The van der Waals surface area contributed by atoms with Crippen LogP contribution in [-0.2, 0) is 17.0 Å². The summed E-state index contributed by atoms with van der Waals surface area (Å²) in [7, 11) is 3.15. The van der Waals surface area contributed by atoms with Crippen molar-refractivity contribution in [1.29, 1.82) is 0 Å². The maximum Gasteiger partial charge on any atom is 0.269 e. The molecule has 0 aliphatic heterocycles. The summed E-state index contributed by atoms with van der Waals surface area (Å²) in [5.74, 6) is 1.37. The predicted molar refractivity (Wildman–Crippen MR) is 136 cm³/mol. The zero-order valence-electron chi connectivity index (χ0n) is 19.5. The second-order valence-electron chi connectivity index (χ2n) is 7.77. The van der Waals surface area contributed by atoms with E-state index in [0.717, 1.165) is 27.3 Å². The summed E-state index contributed by atoms with van der Waals surface area (Å²) in [6, 6.07) is 20.6. The van der Waals surface area contributed by atoms with Crippen LogP contribution in [0.1, 0.15) is 27.9 Å². The second-order valence-corrected chi connectivity index (χ2v) is 8.73. The van der Waals surface area contributed by atoms with Gasteiger partial charge in [-0.15, -0.1) is 0 Å². The average molecular weight is 491 g/mol. The molecule has 0 saturated carbocycles. The summed E-state index contributed by atoms with van der Waals surface area (Å²) in [5.41, 5.74) is 9.29. The molecule has 3 aromatic carbocycles. The first kappa shape index (κ1) is 24.2. The smallest absolute Gasteiger partial charge is 0.269 e. The maximum atomic E-state index is 12.4. The van der Waals surface area contributed by atoms with Crippen LogP contribution in [0.15, 0.2) is 71.9 Å². The van der Waals surface area contributed by atoms with Gasteiger partial charge < -0.3 is 14.5 Å². The largest absolute Gasteiger partial charge is 0.497 e. The molecule has 0 radical (unpaired) electrons. The molecule has 9 heteroatoms. The second kappa shape index (κ2) is 11.4. The minimum absolute atomic E-state index is 0.203. The number of carbonyl (C=O) groups excluding carboxylic acids is 2. The number of thioether (sulfide) groups is 1. The Morgan fingerprint density at radius 1 is 0.914 bits per heavy atom. The zero-order valence-corrected chi connectivity index (χ0v) is 20.3. The lowest BCUT2D eigenvalue weighted by molar-refractivity contribution is -0.121. The van der Waals surface area contributed by atoms with Gasteiger partial charge in [0.1, 0.15) is 11.5 Å². The van der Waals surface area contributed by atoms with Crippen molar-refractivity contribution in [2.45, 2.75) is 23.8 Å². The lowest BCUT2D eigenvalue weighted by Crippen LogP contribution is -2.41. The van der Waals surface area contributed by atoms with Gasteiger partial charge in [-0.2, -0.15) is 0 Å². The molecule has 0 spiro atoms. The molecule has 0 saturated heterocycles. The normalized spacial score (nSPS) is 10.7. The topological polar surface area (TPSA) is 105 Å². The number of carbonyl (C=O) groups is 2. The summed E-state index contributed by atoms with van der Waals surface area (Å²) >= 11 is 1.60. The molecule has 4 rings (SSSR count). The highest BCUT2D eigenvalue weighted by Crippen LogP contribution is 2.24. The van der Waals surface area contributed by atoms with Crippen LogP contribution in [0.4, 0.5) is 0 Å². The van der Waals surface area contributed by atoms with Gasteiger partial charge in [0, 0.05) is 23.8 Å². The Labute approximate surface area is 207 Å². The molecule has 35 heavy (non-hydrogen) atoms. The molecule has 0 unspecified atom stereocenters. The quantitative estimate of drug-likeness (QED) is 0.239. The van der Waals surface area contributed by atoms with Crippen molar-refractivity contribution in [2.75, 3.05) is 14.2 Å². The number of amides is 2. The number of hydrogen-bond donors (Lipinski definition) is 3. The molecule has 0 atom stereocenters. The van der Waals surface area contributed by atoms with Crippen LogP contribution in [-0.4, -0.2) is 36.0 Å². The van der Waals surface area contributed by atoms with Crippen molar-refractivity contribution in [1.82, 2.24) is 20.8 Å². The van der Waals surface area contributed by atoms with Crippen molar-refractivity contribution in [2.24, 2.45) is 0 Å². The first-order chi connectivity index (χ1) is 17.0. The molecule has 1 aromatic heterocycles. The number of fused-ring (bicyclic) bond motifs is 1. The van der Waals surface area contributed by atoms with Crippen LogP contribution in [0.5, 0.6) is 11.5 Å². The molecule has 180 valence electrons. The summed E-state index contributed by atoms with van der Waals surface area (Å²) in [6.45, 7) is 0. The number of ether oxygens (including phenoxy) is 2. The van der Waals surface area contributed by atoms with Gasteiger partial charge in [0.15, 0.2) is 5.16 Å². The standard InChI is InChI=1S/C26H26N4O4S/c1-33-20-13-18(14-21(15-20)34-2)9-12-24(31)29-30-25(32)19-10-7-17(8-11-19)16-35-26-27-22-5-3-4-6-23(22)28-26/h3-8,10-11,13-15H,9,12,16H2,1-2H3,(H,27,28)(H,29,31)(H,30,32). The number of nitrogens with zero attached hydrogens (tertiary/aromatic N) is 1. The molecule has 0 bridgehead atoms. The highest BCUT2D eigenvalue weighted by atomic mass is 32.2. The fourth-order valence-electron chi connectivity index (χ4n) is 3.43. The van der Waals surface area contributed by atoms with Gasteiger partial charge >= 0.3 is 0 Å². The van der Waals surface area contributed by atoms with E-state index < -0.39 is 0 Å². The number of aromatic nitrogens is 2. The van der Waals surface area contributed by atoms with Crippen LogP contribution in [0.3, 0.4) is 0 Å². The third-order valence-electron chi connectivity index (χ3n) is 5.33. The van der Waals surface area contributed by atoms with E-state index in [-0.39, 0.29) is 18.2 Å². The first-order valence-corrected chi connectivity index (χ1v) is 12.0. The van der Waals surface area contributed by atoms with Gasteiger partial charge in [-0.1, -0.05) is 36.0 Å². The lowest BCUT2D eigenvalue weighted by atomic mass is 10.1. The molecule has 3 N–H and O–H groups in total. The summed E-state index contributed by atoms with van der Waals surface area (Å²) in [6.07, 6.45) is 0.682. The summed E-state index contributed by atoms with van der Waals surface area (Å²) in [4.78, 5) is 32.4. The fraction of sp³-hybridized carbons (Fsp3) is 0.192. The van der Waals surface area contributed by atoms with Gasteiger partial charge in [-0.25, -0.2) is 4.98 Å². The number of nitrogens with one attached hydrogen (secondary N) is 3. The van der Waals surface area contributed by atoms with Gasteiger partial charge in [-0.3, -0.25) is 20.4 Å². The minimum Gasteiger partial charge on any atom is -0.497 e. The lowest BCUT2D eigenvalue weighted by Gasteiger charge is -2.10. The van der Waals surface area contributed by atoms with E-state index in [1.165, 1.54) is 0 Å². The Hall–Kier alpha value is -3.98. The van der Waals surface area contributed by atoms with Crippen molar-refractivity contribution in [3.8, 4) is 11.5 Å². The number of imidazole rings is 1.